The summed E-state index contributed by atoms with van der Waals surface area (Å²) >= 11 is 6.04. The molecule has 1 aliphatic heterocycles. The summed E-state index contributed by atoms with van der Waals surface area (Å²) in [5, 5.41) is 0.761. The highest BCUT2D eigenvalue weighted by atomic mass is 35.5. The van der Waals surface area contributed by atoms with E-state index in [1.54, 1.807) is 0 Å². The Balaban J connectivity index is 0.00000162. The van der Waals surface area contributed by atoms with E-state index < -0.39 is 0 Å². The zero-order valence-corrected chi connectivity index (χ0v) is 12.0. The number of morpholine rings is 1. The van der Waals surface area contributed by atoms with Gasteiger partial charge in [0.25, 0.3) is 0 Å². The summed E-state index contributed by atoms with van der Waals surface area (Å²) in [5.74, 6) is 0.934. The Kier molecular flexibility index (Phi) is 6.79. The number of nitrogens with zero attached hydrogens (tertiary/aromatic N) is 1. The van der Waals surface area contributed by atoms with E-state index in [0.717, 1.165) is 49.2 Å². The van der Waals surface area contributed by atoms with Crippen LogP contribution < -0.4 is 17.1 Å². The summed E-state index contributed by atoms with van der Waals surface area (Å²) in [4.78, 5) is 2.36. The summed E-state index contributed by atoms with van der Waals surface area (Å²) in [6.45, 7) is 7.11. The van der Waals surface area contributed by atoms with Crippen LogP contribution in [0, 0.1) is 0 Å². The standard InChI is InChI=1S/C13H18ClNO2.ClH/c1-2-17-13-4-3-12(14)9-11(13)10-15-5-7-16-8-6-15;/h3-4,9H,2,5-8,10H2,1H3;1H/p-1. The highest BCUT2D eigenvalue weighted by Crippen LogP contribution is 2.24. The van der Waals surface area contributed by atoms with Crippen LogP contribution in [0.15, 0.2) is 18.2 Å². The van der Waals surface area contributed by atoms with Crippen molar-refractivity contribution in [1.82, 2.24) is 4.90 Å². The first kappa shape index (κ1) is 15.6. The van der Waals surface area contributed by atoms with Crippen molar-refractivity contribution in [3.63, 3.8) is 0 Å². The van der Waals surface area contributed by atoms with Gasteiger partial charge in [0.1, 0.15) is 5.75 Å². The zero-order chi connectivity index (χ0) is 12.1. The van der Waals surface area contributed by atoms with Crippen molar-refractivity contribution < 1.29 is 21.9 Å². The summed E-state index contributed by atoms with van der Waals surface area (Å²) in [7, 11) is 0. The lowest BCUT2D eigenvalue weighted by molar-refractivity contribution is -0.00000581. The fourth-order valence-electron chi connectivity index (χ4n) is 1.97. The molecule has 18 heavy (non-hydrogen) atoms. The lowest BCUT2D eigenvalue weighted by Gasteiger charge is -2.27. The summed E-state index contributed by atoms with van der Waals surface area (Å²) in [5.41, 5.74) is 1.15. The molecule has 1 heterocycles. The predicted molar refractivity (Wildman–Crippen MR) is 68.7 cm³/mol. The number of halogens is 2. The van der Waals surface area contributed by atoms with Crippen LogP contribution in [0.3, 0.4) is 0 Å². The molecule has 1 fully saturated rings. The van der Waals surface area contributed by atoms with Gasteiger partial charge in [0.15, 0.2) is 0 Å². The maximum Gasteiger partial charge on any atom is 0.123 e. The van der Waals surface area contributed by atoms with E-state index in [1.807, 2.05) is 25.1 Å². The van der Waals surface area contributed by atoms with Crippen molar-refractivity contribution >= 4 is 11.6 Å². The second-order valence-electron chi connectivity index (χ2n) is 4.07. The normalized spacial score (nSPS) is 16.1. The van der Waals surface area contributed by atoms with Crippen LogP contribution in [0.25, 0.3) is 0 Å². The molecule has 0 N–H and O–H groups in total. The van der Waals surface area contributed by atoms with Crippen molar-refractivity contribution in [3.05, 3.63) is 28.8 Å². The SMILES string of the molecule is CCOc1ccc(Cl)cc1CN1CCOCC1.[Cl-]. The average Bonchev–Trinajstić information content (AvgIpc) is 2.34. The molecule has 1 aromatic carbocycles. The molecule has 0 bridgehead atoms. The van der Waals surface area contributed by atoms with E-state index >= 15 is 0 Å². The van der Waals surface area contributed by atoms with Crippen molar-refractivity contribution in [2.75, 3.05) is 32.9 Å². The Morgan fingerprint density at radius 1 is 1.33 bits per heavy atom. The van der Waals surface area contributed by atoms with E-state index in [-0.39, 0.29) is 12.4 Å². The van der Waals surface area contributed by atoms with Crippen LogP contribution in [0.5, 0.6) is 5.75 Å². The molecule has 0 aromatic heterocycles. The number of benzene rings is 1. The highest BCUT2D eigenvalue weighted by Gasteiger charge is 2.13. The molecule has 1 saturated heterocycles. The molecule has 1 aliphatic rings. The van der Waals surface area contributed by atoms with Gasteiger partial charge in [-0.2, -0.15) is 0 Å². The van der Waals surface area contributed by atoms with Gasteiger partial charge < -0.3 is 21.9 Å². The van der Waals surface area contributed by atoms with Crippen LogP contribution in [-0.2, 0) is 11.3 Å². The minimum absolute atomic E-state index is 0. The summed E-state index contributed by atoms with van der Waals surface area (Å²) in [6, 6.07) is 5.80. The van der Waals surface area contributed by atoms with Gasteiger partial charge in [-0.1, -0.05) is 11.6 Å². The first-order chi connectivity index (χ1) is 8.29. The van der Waals surface area contributed by atoms with E-state index in [4.69, 9.17) is 21.1 Å². The second kappa shape index (κ2) is 7.85. The average molecular weight is 291 g/mol. The smallest absolute Gasteiger partial charge is 0.123 e. The molecule has 1 aromatic rings. The Morgan fingerprint density at radius 2 is 2.06 bits per heavy atom. The van der Waals surface area contributed by atoms with Crippen LogP contribution in [0.1, 0.15) is 12.5 Å². The van der Waals surface area contributed by atoms with Crippen molar-refractivity contribution in [2.24, 2.45) is 0 Å². The van der Waals surface area contributed by atoms with Gasteiger partial charge in [-0.05, 0) is 25.1 Å². The van der Waals surface area contributed by atoms with Gasteiger partial charge in [-0.25, -0.2) is 0 Å². The maximum absolute atomic E-state index is 6.04. The predicted octanol–water partition coefficient (Wildman–Crippen LogP) is -0.425. The Labute approximate surface area is 119 Å². The number of rotatable bonds is 4. The fourth-order valence-corrected chi connectivity index (χ4v) is 2.16. The van der Waals surface area contributed by atoms with Crippen molar-refractivity contribution in [1.29, 1.82) is 0 Å². The van der Waals surface area contributed by atoms with Crippen LogP contribution in [0.4, 0.5) is 0 Å². The first-order valence-electron chi connectivity index (χ1n) is 6.01. The third-order valence-electron chi connectivity index (χ3n) is 2.82. The van der Waals surface area contributed by atoms with Gasteiger partial charge in [-0.15, -0.1) is 0 Å². The van der Waals surface area contributed by atoms with Gasteiger partial charge in [0.05, 0.1) is 19.8 Å². The second-order valence-corrected chi connectivity index (χ2v) is 4.51. The maximum atomic E-state index is 6.04. The molecule has 0 spiro atoms. The van der Waals surface area contributed by atoms with Gasteiger partial charge in [0.2, 0.25) is 0 Å². The Morgan fingerprint density at radius 3 is 2.72 bits per heavy atom. The van der Waals surface area contributed by atoms with E-state index in [2.05, 4.69) is 4.90 Å². The Hall–Kier alpha value is -0.480. The molecular formula is C13H18Cl2NO2-. The summed E-state index contributed by atoms with van der Waals surface area (Å²) < 4.78 is 11.0. The molecular weight excluding hydrogens is 273 g/mol. The third-order valence-corrected chi connectivity index (χ3v) is 3.06. The van der Waals surface area contributed by atoms with Gasteiger partial charge >= 0.3 is 0 Å². The highest BCUT2D eigenvalue weighted by molar-refractivity contribution is 6.30. The van der Waals surface area contributed by atoms with Crippen molar-refractivity contribution in [2.45, 2.75) is 13.5 Å². The molecule has 0 atom stereocenters. The Bertz CT molecular complexity index is 368. The fraction of sp³-hybridized carbons (Fsp3) is 0.538. The van der Waals surface area contributed by atoms with Crippen LogP contribution in [-0.4, -0.2) is 37.8 Å². The molecule has 2 rings (SSSR count). The molecule has 0 saturated carbocycles. The number of ether oxygens (including phenoxy) is 2. The molecule has 102 valence electrons. The number of hydrogen-bond acceptors (Lipinski definition) is 3. The summed E-state index contributed by atoms with van der Waals surface area (Å²) in [6.07, 6.45) is 0. The van der Waals surface area contributed by atoms with Gasteiger partial charge in [0, 0.05) is 30.2 Å². The molecule has 0 amide bonds. The minimum Gasteiger partial charge on any atom is -1.00 e. The topological polar surface area (TPSA) is 21.7 Å². The van der Waals surface area contributed by atoms with Crippen molar-refractivity contribution in [3.8, 4) is 5.75 Å². The largest absolute Gasteiger partial charge is 1.00 e. The molecule has 0 radical (unpaired) electrons. The first-order valence-corrected chi connectivity index (χ1v) is 6.38. The molecule has 0 unspecified atom stereocenters. The lowest BCUT2D eigenvalue weighted by atomic mass is 10.2. The van der Waals surface area contributed by atoms with Crippen LogP contribution >= 0.6 is 11.6 Å². The van der Waals surface area contributed by atoms with E-state index in [1.165, 1.54) is 0 Å². The lowest BCUT2D eigenvalue weighted by Crippen LogP contribution is -3.00. The van der Waals surface area contributed by atoms with Gasteiger partial charge in [-0.3, -0.25) is 4.90 Å². The quantitative estimate of drug-likeness (QED) is 0.752. The van der Waals surface area contributed by atoms with Crippen LogP contribution in [0.2, 0.25) is 5.02 Å². The molecule has 3 nitrogen and oxygen atoms in total. The zero-order valence-electron chi connectivity index (χ0n) is 10.5. The third kappa shape index (κ3) is 4.32. The monoisotopic (exact) mass is 290 g/mol. The molecule has 5 heteroatoms. The molecule has 0 aliphatic carbocycles. The number of hydrogen-bond donors (Lipinski definition) is 0. The van der Waals surface area contributed by atoms with E-state index in [9.17, 15) is 0 Å². The van der Waals surface area contributed by atoms with E-state index in [0.29, 0.717) is 6.61 Å². The minimum atomic E-state index is 0.